The number of fused-ring (bicyclic) bond motifs is 1. The first-order valence-corrected chi connectivity index (χ1v) is 11.5. The van der Waals surface area contributed by atoms with E-state index < -0.39 is 6.10 Å². The SMILES string of the molecule is O=C(c1ccc(C2CCNCC2)cc1)N1C[C@H]2C[C@@H](Nc3cnccn3)[C@H](O)C[C@H]2C1. The van der Waals surface area contributed by atoms with Crippen molar-refractivity contribution in [1.82, 2.24) is 20.2 Å². The van der Waals surface area contributed by atoms with Crippen LogP contribution >= 0.6 is 0 Å². The number of hydrogen-bond acceptors (Lipinski definition) is 6. The molecule has 2 aliphatic heterocycles. The maximum Gasteiger partial charge on any atom is 0.253 e. The second kappa shape index (κ2) is 8.93. The van der Waals surface area contributed by atoms with E-state index in [4.69, 9.17) is 0 Å². The van der Waals surface area contributed by atoms with Crippen LogP contribution in [0.2, 0.25) is 0 Å². The molecule has 1 aromatic carbocycles. The van der Waals surface area contributed by atoms with Gasteiger partial charge in [-0.1, -0.05) is 12.1 Å². The summed E-state index contributed by atoms with van der Waals surface area (Å²) >= 11 is 0. The van der Waals surface area contributed by atoms with Crippen molar-refractivity contribution in [2.75, 3.05) is 31.5 Å². The van der Waals surface area contributed by atoms with E-state index >= 15 is 0 Å². The molecule has 5 rings (SSSR count). The molecule has 1 saturated carbocycles. The van der Waals surface area contributed by atoms with E-state index in [-0.39, 0.29) is 11.9 Å². The Labute approximate surface area is 183 Å². The Kier molecular flexibility index (Phi) is 5.87. The van der Waals surface area contributed by atoms with E-state index in [1.807, 2.05) is 17.0 Å². The van der Waals surface area contributed by atoms with E-state index in [0.29, 0.717) is 30.0 Å². The van der Waals surface area contributed by atoms with Crippen LogP contribution in [0.1, 0.15) is 47.5 Å². The summed E-state index contributed by atoms with van der Waals surface area (Å²) in [5.41, 5.74) is 2.11. The molecule has 3 N–H and O–H groups in total. The van der Waals surface area contributed by atoms with Gasteiger partial charge in [0.1, 0.15) is 5.82 Å². The Morgan fingerprint density at radius 3 is 2.52 bits per heavy atom. The number of benzene rings is 1. The Morgan fingerprint density at radius 2 is 1.81 bits per heavy atom. The lowest BCUT2D eigenvalue weighted by Gasteiger charge is -2.35. The number of nitrogens with one attached hydrogen (secondary N) is 2. The highest BCUT2D eigenvalue weighted by Crippen LogP contribution is 2.38. The molecule has 0 bridgehead atoms. The van der Waals surface area contributed by atoms with Gasteiger partial charge in [0.15, 0.2) is 0 Å². The monoisotopic (exact) mass is 421 g/mol. The molecule has 2 saturated heterocycles. The number of aliphatic hydroxyl groups excluding tert-OH is 1. The molecular formula is C24H31N5O2. The summed E-state index contributed by atoms with van der Waals surface area (Å²) in [5, 5.41) is 17.4. The zero-order valence-corrected chi connectivity index (χ0v) is 17.8. The van der Waals surface area contributed by atoms with Gasteiger partial charge in [-0.05, 0) is 74.2 Å². The molecule has 1 aliphatic carbocycles. The number of likely N-dealkylation sites (tertiary alicyclic amines) is 1. The van der Waals surface area contributed by atoms with Crippen molar-refractivity contribution in [3.63, 3.8) is 0 Å². The van der Waals surface area contributed by atoms with Gasteiger partial charge in [-0.15, -0.1) is 0 Å². The molecule has 0 unspecified atom stereocenters. The molecular weight excluding hydrogens is 390 g/mol. The number of anilines is 1. The maximum atomic E-state index is 13.2. The van der Waals surface area contributed by atoms with E-state index in [1.165, 1.54) is 5.56 Å². The molecule has 4 atom stereocenters. The third-order valence-corrected chi connectivity index (χ3v) is 7.29. The van der Waals surface area contributed by atoms with Gasteiger partial charge in [0.2, 0.25) is 0 Å². The molecule has 3 aliphatic rings. The largest absolute Gasteiger partial charge is 0.391 e. The molecule has 0 radical (unpaired) electrons. The first-order valence-electron chi connectivity index (χ1n) is 11.5. The average molecular weight is 422 g/mol. The van der Waals surface area contributed by atoms with Crippen LogP contribution in [0, 0.1) is 11.8 Å². The number of aromatic nitrogens is 2. The van der Waals surface area contributed by atoms with Gasteiger partial charge in [0.05, 0.1) is 18.3 Å². The van der Waals surface area contributed by atoms with Crippen molar-refractivity contribution >= 4 is 11.7 Å². The number of nitrogens with zero attached hydrogens (tertiary/aromatic N) is 3. The van der Waals surface area contributed by atoms with Crippen LogP contribution < -0.4 is 10.6 Å². The lowest BCUT2D eigenvalue weighted by molar-refractivity contribution is 0.0727. The molecule has 1 aromatic heterocycles. The van der Waals surface area contributed by atoms with Gasteiger partial charge in [-0.3, -0.25) is 9.78 Å². The number of hydrogen-bond donors (Lipinski definition) is 3. The summed E-state index contributed by atoms with van der Waals surface area (Å²) in [6.07, 6.45) is 8.38. The van der Waals surface area contributed by atoms with Gasteiger partial charge < -0.3 is 20.6 Å². The molecule has 7 nitrogen and oxygen atoms in total. The summed E-state index contributed by atoms with van der Waals surface area (Å²) < 4.78 is 0. The van der Waals surface area contributed by atoms with Crippen molar-refractivity contribution in [2.24, 2.45) is 11.8 Å². The summed E-state index contributed by atoms with van der Waals surface area (Å²) in [4.78, 5) is 23.5. The average Bonchev–Trinajstić information content (AvgIpc) is 3.23. The predicted octanol–water partition coefficient (Wildman–Crippen LogP) is 2.27. The van der Waals surface area contributed by atoms with Gasteiger partial charge in [0, 0.05) is 31.0 Å². The Balaban J connectivity index is 1.21. The number of rotatable bonds is 4. The lowest BCUT2D eigenvalue weighted by atomic mass is 9.77. The second-order valence-electron chi connectivity index (χ2n) is 9.26. The fourth-order valence-electron chi connectivity index (χ4n) is 5.55. The topological polar surface area (TPSA) is 90.4 Å². The first-order chi connectivity index (χ1) is 15.2. The number of aliphatic hydroxyl groups is 1. The highest BCUT2D eigenvalue weighted by molar-refractivity contribution is 5.94. The molecule has 1 amide bonds. The normalized spacial score (nSPS) is 28.9. The van der Waals surface area contributed by atoms with Gasteiger partial charge in [-0.2, -0.15) is 0 Å². The summed E-state index contributed by atoms with van der Waals surface area (Å²) in [5.74, 6) is 2.15. The third kappa shape index (κ3) is 4.43. The molecule has 2 aromatic rings. The minimum Gasteiger partial charge on any atom is -0.391 e. The number of carbonyl (C=O) groups is 1. The van der Waals surface area contributed by atoms with Gasteiger partial charge in [0.25, 0.3) is 5.91 Å². The van der Waals surface area contributed by atoms with Crippen LogP contribution in [0.15, 0.2) is 42.9 Å². The highest BCUT2D eigenvalue weighted by atomic mass is 16.3. The quantitative estimate of drug-likeness (QED) is 0.702. The van der Waals surface area contributed by atoms with Crippen molar-refractivity contribution < 1.29 is 9.90 Å². The Hall–Kier alpha value is -2.51. The van der Waals surface area contributed by atoms with Crippen LogP contribution in [0.3, 0.4) is 0 Å². The predicted molar refractivity (Wildman–Crippen MR) is 119 cm³/mol. The number of piperidine rings is 1. The van der Waals surface area contributed by atoms with Crippen LogP contribution in [0.25, 0.3) is 0 Å². The van der Waals surface area contributed by atoms with Crippen molar-refractivity contribution in [3.05, 3.63) is 54.0 Å². The minimum absolute atomic E-state index is 0.0581. The third-order valence-electron chi connectivity index (χ3n) is 7.29. The van der Waals surface area contributed by atoms with Crippen LogP contribution in [-0.4, -0.2) is 64.2 Å². The van der Waals surface area contributed by atoms with Crippen LogP contribution in [0.4, 0.5) is 5.82 Å². The van der Waals surface area contributed by atoms with Crippen LogP contribution in [0.5, 0.6) is 0 Å². The fraction of sp³-hybridized carbons (Fsp3) is 0.542. The summed E-state index contributed by atoms with van der Waals surface area (Å²) in [6, 6.07) is 8.20. The fourth-order valence-corrected chi connectivity index (χ4v) is 5.55. The van der Waals surface area contributed by atoms with Gasteiger partial charge in [-0.25, -0.2) is 4.98 Å². The minimum atomic E-state index is -0.442. The van der Waals surface area contributed by atoms with E-state index in [0.717, 1.165) is 51.0 Å². The Morgan fingerprint density at radius 1 is 1.06 bits per heavy atom. The van der Waals surface area contributed by atoms with Gasteiger partial charge >= 0.3 is 0 Å². The molecule has 31 heavy (non-hydrogen) atoms. The van der Waals surface area contributed by atoms with Crippen molar-refractivity contribution in [3.8, 4) is 0 Å². The standard InChI is InChI=1S/C24H31N5O2/c30-22-12-20-15-29(14-19(20)11-21(22)28-23-13-26-9-10-27-23)24(31)18-3-1-16(2-4-18)17-5-7-25-8-6-17/h1-4,9-10,13,17,19-22,25,30H,5-8,11-12,14-15H2,(H,27,28)/t19-,20+,21-,22-/m1/s1. The van der Waals surface area contributed by atoms with Crippen LogP contribution in [-0.2, 0) is 0 Å². The smallest absolute Gasteiger partial charge is 0.253 e. The highest BCUT2D eigenvalue weighted by Gasteiger charge is 2.43. The summed E-state index contributed by atoms with van der Waals surface area (Å²) in [6.45, 7) is 3.63. The Bertz CT molecular complexity index is 885. The molecule has 3 heterocycles. The molecule has 3 fully saturated rings. The second-order valence-corrected chi connectivity index (χ2v) is 9.26. The van der Waals surface area contributed by atoms with Crippen molar-refractivity contribution in [1.29, 1.82) is 0 Å². The molecule has 164 valence electrons. The zero-order chi connectivity index (χ0) is 21.2. The lowest BCUT2D eigenvalue weighted by Crippen LogP contribution is -2.43. The number of carbonyl (C=O) groups excluding carboxylic acids is 1. The molecule has 0 spiro atoms. The summed E-state index contributed by atoms with van der Waals surface area (Å²) in [7, 11) is 0. The van der Waals surface area contributed by atoms with E-state index in [1.54, 1.807) is 18.6 Å². The number of amides is 1. The first kappa shape index (κ1) is 20.4. The van der Waals surface area contributed by atoms with E-state index in [2.05, 4.69) is 32.7 Å². The van der Waals surface area contributed by atoms with E-state index in [9.17, 15) is 9.90 Å². The zero-order valence-electron chi connectivity index (χ0n) is 17.8. The molecule has 7 heteroatoms. The van der Waals surface area contributed by atoms with Crippen molar-refractivity contribution in [2.45, 2.75) is 43.7 Å². The maximum absolute atomic E-state index is 13.2.